The highest BCUT2D eigenvalue weighted by molar-refractivity contribution is 6.28. The van der Waals surface area contributed by atoms with E-state index in [1.165, 1.54) is 87.2 Å². The van der Waals surface area contributed by atoms with Crippen LogP contribution in [0.2, 0.25) is 0 Å². The van der Waals surface area contributed by atoms with Crippen LogP contribution >= 0.6 is 0 Å². The van der Waals surface area contributed by atoms with Crippen LogP contribution in [-0.2, 0) is 0 Å². The van der Waals surface area contributed by atoms with E-state index >= 15 is 0 Å². The minimum Gasteiger partial charge on any atom is -0.456 e. The minimum atomic E-state index is 0.942. The molecule has 10 aromatic rings. The van der Waals surface area contributed by atoms with Crippen molar-refractivity contribution in [2.45, 2.75) is 0 Å². The quantitative estimate of drug-likeness (QED) is 0.152. The molecule has 1 heteroatoms. The first-order chi connectivity index (χ1) is 22.3. The number of rotatable bonds is 3. The topological polar surface area (TPSA) is 13.1 Å². The zero-order valence-electron chi connectivity index (χ0n) is 24.4. The Hall–Kier alpha value is -5.92. The van der Waals surface area contributed by atoms with Crippen molar-refractivity contribution in [2.75, 3.05) is 0 Å². The molecular weight excluding hydrogens is 544 g/mol. The average Bonchev–Trinajstić information content (AvgIpc) is 3.49. The summed E-state index contributed by atoms with van der Waals surface area (Å²) < 4.78 is 6.32. The van der Waals surface area contributed by atoms with E-state index in [2.05, 4.69) is 158 Å². The third kappa shape index (κ3) is 3.56. The molecule has 1 heterocycles. The fourth-order valence-corrected chi connectivity index (χ4v) is 7.59. The molecular formula is C44H26O. The Morgan fingerprint density at radius 3 is 1.64 bits per heavy atom. The summed E-state index contributed by atoms with van der Waals surface area (Å²) in [5.41, 5.74) is 9.35. The fourth-order valence-electron chi connectivity index (χ4n) is 7.59. The summed E-state index contributed by atoms with van der Waals surface area (Å²) in [5, 5.41) is 12.4. The molecule has 45 heavy (non-hydrogen) atoms. The van der Waals surface area contributed by atoms with Gasteiger partial charge in [0.15, 0.2) is 0 Å². The molecule has 0 amide bonds. The van der Waals surface area contributed by atoms with Crippen molar-refractivity contribution in [1.82, 2.24) is 0 Å². The molecule has 0 aliphatic rings. The van der Waals surface area contributed by atoms with Crippen molar-refractivity contribution >= 4 is 65.0 Å². The van der Waals surface area contributed by atoms with Crippen LogP contribution in [-0.4, -0.2) is 0 Å². The SMILES string of the molecule is c1ccc2cc(-c3ccc(-c4c5ccccc5c(-c5ccc6oc7cccc8ccc5c6c87)c5ccccc45)cc3)ccc2c1. The van der Waals surface area contributed by atoms with E-state index in [1.807, 2.05) is 0 Å². The van der Waals surface area contributed by atoms with Gasteiger partial charge in [-0.25, -0.2) is 0 Å². The van der Waals surface area contributed by atoms with Crippen LogP contribution in [0.5, 0.6) is 0 Å². The van der Waals surface area contributed by atoms with Gasteiger partial charge < -0.3 is 4.42 Å². The second kappa shape index (κ2) is 9.29. The van der Waals surface area contributed by atoms with Gasteiger partial charge in [0.2, 0.25) is 0 Å². The molecule has 0 aliphatic heterocycles. The van der Waals surface area contributed by atoms with Gasteiger partial charge in [0.25, 0.3) is 0 Å². The first-order valence-corrected chi connectivity index (χ1v) is 15.5. The Morgan fingerprint density at radius 2 is 0.889 bits per heavy atom. The fraction of sp³-hybridized carbons (Fsp3) is 0. The predicted molar refractivity (Wildman–Crippen MR) is 191 cm³/mol. The van der Waals surface area contributed by atoms with Crippen molar-refractivity contribution in [2.24, 2.45) is 0 Å². The molecule has 0 atom stereocenters. The molecule has 0 N–H and O–H groups in total. The zero-order chi connectivity index (χ0) is 29.5. The maximum atomic E-state index is 6.32. The normalized spacial score (nSPS) is 12.0. The Balaban J connectivity index is 1.22. The number of hydrogen-bond donors (Lipinski definition) is 0. The number of fused-ring (bicyclic) bond motifs is 3. The van der Waals surface area contributed by atoms with Gasteiger partial charge in [0.05, 0.1) is 0 Å². The van der Waals surface area contributed by atoms with Crippen LogP contribution in [0.3, 0.4) is 0 Å². The van der Waals surface area contributed by atoms with Crippen LogP contribution in [0, 0.1) is 0 Å². The highest BCUT2D eigenvalue weighted by Crippen LogP contribution is 2.47. The molecule has 208 valence electrons. The van der Waals surface area contributed by atoms with E-state index in [0.29, 0.717) is 0 Å². The van der Waals surface area contributed by atoms with Crippen molar-refractivity contribution < 1.29 is 4.42 Å². The molecule has 0 saturated heterocycles. The summed E-state index contributed by atoms with van der Waals surface area (Å²) >= 11 is 0. The van der Waals surface area contributed by atoms with Gasteiger partial charge in [-0.15, -0.1) is 0 Å². The molecule has 10 rings (SSSR count). The first kappa shape index (κ1) is 24.5. The summed E-state index contributed by atoms with van der Waals surface area (Å²) in [6.07, 6.45) is 0. The Labute approximate surface area is 259 Å². The van der Waals surface area contributed by atoms with E-state index < -0.39 is 0 Å². The Kier molecular flexibility index (Phi) is 5.06. The van der Waals surface area contributed by atoms with E-state index in [-0.39, 0.29) is 0 Å². The number of benzene rings is 9. The highest BCUT2D eigenvalue weighted by atomic mass is 16.3. The van der Waals surface area contributed by atoms with Gasteiger partial charge in [0, 0.05) is 10.8 Å². The smallest absolute Gasteiger partial charge is 0.136 e. The maximum absolute atomic E-state index is 6.32. The molecule has 0 fully saturated rings. The van der Waals surface area contributed by atoms with Crippen LogP contribution in [0.15, 0.2) is 162 Å². The van der Waals surface area contributed by atoms with Gasteiger partial charge in [-0.1, -0.05) is 133 Å². The van der Waals surface area contributed by atoms with Crippen LogP contribution in [0.25, 0.3) is 98.4 Å². The number of furan rings is 1. The van der Waals surface area contributed by atoms with Gasteiger partial charge in [-0.05, 0) is 101 Å². The standard InChI is InChI=1S/C44H26O/c1-2-9-31-26-32(21-18-27(31)8-1)28-16-19-30(20-17-28)41-33-11-3-5-13-35(33)43(36-14-6-4-12-34(36)41)37-24-25-40-44-38(37)23-22-29-10-7-15-39(45-40)42(29)44/h1-26H. The second-order valence-electron chi connectivity index (χ2n) is 12.0. The lowest BCUT2D eigenvalue weighted by Gasteiger charge is -2.19. The average molecular weight is 571 g/mol. The van der Waals surface area contributed by atoms with Crippen molar-refractivity contribution in [1.29, 1.82) is 0 Å². The highest BCUT2D eigenvalue weighted by Gasteiger charge is 2.21. The van der Waals surface area contributed by atoms with E-state index in [0.717, 1.165) is 11.2 Å². The van der Waals surface area contributed by atoms with Crippen molar-refractivity contribution in [3.63, 3.8) is 0 Å². The van der Waals surface area contributed by atoms with Gasteiger partial charge in [-0.3, -0.25) is 0 Å². The maximum Gasteiger partial charge on any atom is 0.136 e. The Bertz CT molecular complexity index is 2690. The summed E-state index contributed by atoms with van der Waals surface area (Å²) in [6, 6.07) is 57.4. The minimum absolute atomic E-state index is 0.942. The molecule has 0 unspecified atom stereocenters. The monoisotopic (exact) mass is 570 g/mol. The summed E-state index contributed by atoms with van der Waals surface area (Å²) in [6.45, 7) is 0. The van der Waals surface area contributed by atoms with Crippen molar-refractivity contribution in [3.05, 3.63) is 158 Å². The largest absolute Gasteiger partial charge is 0.456 e. The second-order valence-corrected chi connectivity index (χ2v) is 12.0. The van der Waals surface area contributed by atoms with E-state index in [9.17, 15) is 0 Å². The van der Waals surface area contributed by atoms with E-state index in [1.54, 1.807) is 0 Å². The molecule has 0 aliphatic carbocycles. The third-order valence-electron chi connectivity index (χ3n) is 9.62. The molecule has 0 spiro atoms. The van der Waals surface area contributed by atoms with Crippen LogP contribution in [0.1, 0.15) is 0 Å². The van der Waals surface area contributed by atoms with Crippen LogP contribution < -0.4 is 0 Å². The lowest BCUT2D eigenvalue weighted by Crippen LogP contribution is -1.92. The summed E-state index contributed by atoms with van der Waals surface area (Å²) in [5.74, 6) is 0. The van der Waals surface area contributed by atoms with Gasteiger partial charge in [0.1, 0.15) is 11.2 Å². The Morgan fingerprint density at radius 1 is 0.311 bits per heavy atom. The molecule has 1 aromatic heterocycles. The molecule has 0 bridgehead atoms. The van der Waals surface area contributed by atoms with Crippen LogP contribution in [0.4, 0.5) is 0 Å². The molecule has 0 saturated carbocycles. The third-order valence-corrected chi connectivity index (χ3v) is 9.62. The lowest BCUT2D eigenvalue weighted by atomic mass is 9.84. The predicted octanol–water partition coefficient (Wildman–Crippen LogP) is 12.6. The molecule has 1 nitrogen and oxygen atoms in total. The number of hydrogen-bond acceptors (Lipinski definition) is 1. The van der Waals surface area contributed by atoms with Gasteiger partial charge in [-0.2, -0.15) is 0 Å². The first-order valence-electron chi connectivity index (χ1n) is 15.5. The summed E-state index contributed by atoms with van der Waals surface area (Å²) in [4.78, 5) is 0. The molecule has 0 radical (unpaired) electrons. The lowest BCUT2D eigenvalue weighted by molar-refractivity contribution is 0.669. The summed E-state index contributed by atoms with van der Waals surface area (Å²) in [7, 11) is 0. The zero-order valence-corrected chi connectivity index (χ0v) is 24.4. The molecule has 9 aromatic carbocycles. The van der Waals surface area contributed by atoms with E-state index in [4.69, 9.17) is 4.42 Å². The van der Waals surface area contributed by atoms with Gasteiger partial charge >= 0.3 is 0 Å². The van der Waals surface area contributed by atoms with Crippen molar-refractivity contribution in [3.8, 4) is 33.4 Å².